The molecule has 0 saturated heterocycles. The topological polar surface area (TPSA) is 34.4 Å². The Morgan fingerprint density at radius 1 is 1.28 bits per heavy atom. The molecule has 3 nitrogen and oxygen atoms in total. The van der Waals surface area contributed by atoms with Crippen molar-refractivity contribution in [2.75, 3.05) is 0 Å². The van der Waals surface area contributed by atoms with Gasteiger partial charge in [-0.1, -0.05) is 52.6 Å². The lowest BCUT2D eigenvalue weighted by Gasteiger charge is -2.04. The van der Waals surface area contributed by atoms with Gasteiger partial charge in [0.05, 0.1) is 23.2 Å². The minimum absolute atomic E-state index is 0.185. The van der Waals surface area contributed by atoms with Gasteiger partial charge in [-0.05, 0) is 43.2 Å². The number of terminal acetylenes is 1. The fourth-order valence-electron chi connectivity index (χ4n) is 2.73. The van der Waals surface area contributed by atoms with Gasteiger partial charge in [-0.3, -0.25) is 4.79 Å². The van der Waals surface area contributed by atoms with E-state index in [1.165, 1.54) is 16.9 Å². The smallest absolute Gasteiger partial charge is 0.252 e. The van der Waals surface area contributed by atoms with Gasteiger partial charge < -0.3 is 4.57 Å². The molecule has 0 fully saturated rings. The van der Waals surface area contributed by atoms with Crippen molar-refractivity contribution in [1.82, 2.24) is 4.57 Å². The Morgan fingerprint density at radius 3 is 2.80 bits per heavy atom. The van der Waals surface area contributed by atoms with E-state index in [9.17, 15) is 4.79 Å². The maximum Gasteiger partial charge on any atom is 0.252 e. The van der Waals surface area contributed by atoms with Crippen molar-refractivity contribution in [2.45, 2.75) is 26.8 Å². The molecule has 0 aliphatic rings. The Morgan fingerprint density at radius 2 is 2.08 bits per heavy atom. The van der Waals surface area contributed by atoms with Gasteiger partial charge in [-0.2, -0.15) is 4.99 Å². The molecule has 0 unspecified atom stereocenters. The molecule has 3 aromatic rings. The maximum atomic E-state index is 12.5. The van der Waals surface area contributed by atoms with Crippen LogP contribution >= 0.6 is 22.9 Å². The predicted octanol–water partition coefficient (Wildman–Crippen LogP) is 4.28. The van der Waals surface area contributed by atoms with E-state index in [1.807, 2.05) is 48.7 Å². The summed E-state index contributed by atoms with van der Waals surface area (Å²) in [7, 11) is 0. The van der Waals surface area contributed by atoms with Gasteiger partial charge in [0.15, 0.2) is 4.80 Å². The van der Waals surface area contributed by atoms with Gasteiger partial charge in [0.1, 0.15) is 0 Å². The van der Waals surface area contributed by atoms with Crippen LogP contribution in [0.15, 0.2) is 41.4 Å². The van der Waals surface area contributed by atoms with E-state index in [1.54, 1.807) is 0 Å². The van der Waals surface area contributed by atoms with Crippen LogP contribution in [0.25, 0.3) is 10.2 Å². The van der Waals surface area contributed by atoms with Crippen LogP contribution in [0, 0.1) is 26.2 Å². The van der Waals surface area contributed by atoms with Gasteiger partial charge >= 0.3 is 0 Å². The molecule has 1 aromatic heterocycles. The first kappa shape index (κ1) is 17.5. The molecule has 0 spiro atoms. The first-order chi connectivity index (χ1) is 12.0. The lowest BCUT2D eigenvalue weighted by Crippen LogP contribution is -2.17. The fourth-order valence-corrected chi connectivity index (χ4v) is 4.05. The molecule has 5 heteroatoms. The van der Waals surface area contributed by atoms with Crippen LogP contribution in [-0.4, -0.2) is 10.5 Å². The number of halogens is 1. The van der Waals surface area contributed by atoms with Gasteiger partial charge in [-0.15, -0.1) is 6.42 Å². The second-order valence-corrected chi connectivity index (χ2v) is 7.34. The highest BCUT2D eigenvalue weighted by Crippen LogP contribution is 2.22. The first-order valence-corrected chi connectivity index (χ1v) is 9.03. The van der Waals surface area contributed by atoms with E-state index in [2.05, 4.69) is 17.0 Å². The average Bonchev–Trinajstić information content (AvgIpc) is 2.87. The summed E-state index contributed by atoms with van der Waals surface area (Å²) >= 11 is 7.48. The Bertz CT molecular complexity index is 1070. The van der Waals surface area contributed by atoms with E-state index in [4.69, 9.17) is 18.0 Å². The van der Waals surface area contributed by atoms with E-state index in [0.717, 1.165) is 21.3 Å². The van der Waals surface area contributed by atoms with Gasteiger partial charge in [0.2, 0.25) is 0 Å². The standard InChI is InChI=1S/C20H17ClN2OS/c1-4-9-23-17-8-7-16(21)12-18(17)25-20(23)22-19(24)11-15-6-5-13(2)10-14(15)3/h1,5-8,10,12H,9,11H2,2-3H3. The number of hydrogen-bond acceptors (Lipinski definition) is 2. The monoisotopic (exact) mass is 368 g/mol. The second kappa shape index (κ2) is 7.26. The van der Waals surface area contributed by atoms with Crippen molar-refractivity contribution in [1.29, 1.82) is 0 Å². The van der Waals surface area contributed by atoms with Crippen LogP contribution < -0.4 is 4.80 Å². The summed E-state index contributed by atoms with van der Waals surface area (Å²) in [6.45, 7) is 4.40. The minimum atomic E-state index is -0.185. The number of nitrogens with zero attached hydrogens (tertiary/aromatic N) is 2. The number of carbonyl (C=O) groups excluding carboxylic acids is 1. The molecule has 1 amide bonds. The third-order valence-electron chi connectivity index (χ3n) is 3.95. The van der Waals surface area contributed by atoms with Crippen LogP contribution in [0.1, 0.15) is 16.7 Å². The quantitative estimate of drug-likeness (QED) is 0.635. The van der Waals surface area contributed by atoms with Crippen LogP contribution in [-0.2, 0) is 17.8 Å². The van der Waals surface area contributed by atoms with Crippen LogP contribution in [0.5, 0.6) is 0 Å². The molecule has 0 N–H and O–H groups in total. The van der Waals surface area contributed by atoms with E-state index >= 15 is 0 Å². The third-order valence-corrected chi connectivity index (χ3v) is 5.23. The van der Waals surface area contributed by atoms with Crippen molar-refractivity contribution in [3.63, 3.8) is 0 Å². The van der Waals surface area contributed by atoms with Crippen molar-refractivity contribution >= 4 is 39.1 Å². The molecule has 0 aliphatic carbocycles. The lowest BCUT2D eigenvalue weighted by molar-refractivity contribution is -0.117. The number of carbonyl (C=O) groups is 1. The summed E-state index contributed by atoms with van der Waals surface area (Å²) in [5, 5.41) is 0.648. The Balaban J connectivity index is 2.01. The zero-order chi connectivity index (χ0) is 18.0. The van der Waals surface area contributed by atoms with Gasteiger partial charge in [0.25, 0.3) is 5.91 Å². The number of fused-ring (bicyclic) bond motifs is 1. The van der Waals surface area contributed by atoms with E-state index in [0.29, 0.717) is 16.4 Å². The predicted molar refractivity (Wildman–Crippen MR) is 104 cm³/mol. The van der Waals surface area contributed by atoms with Crippen LogP contribution in [0.3, 0.4) is 0 Å². The summed E-state index contributed by atoms with van der Waals surface area (Å²) in [5.74, 6) is 2.44. The summed E-state index contributed by atoms with van der Waals surface area (Å²) in [5.41, 5.74) is 4.21. The van der Waals surface area contributed by atoms with E-state index in [-0.39, 0.29) is 12.3 Å². The molecule has 126 valence electrons. The fraction of sp³-hybridized carbons (Fsp3) is 0.200. The van der Waals surface area contributed by atoms with Crippen molar-refractivity contribution < 1.29 is 4.79 Å². The normalized spacial score (nSPS) is 11.7. The van der Waals surface area contributed by atoms with Crippen molar-refractivity contribution in [2.24, 2.45) is 4.99 Å². The SMILES string of the molecule is C#CCn1c(=NC(=O)Cc2ccc(C)cc2C)sc2cc(Cl)ccc21. The summed E-state index contributed by atoms with van der Waals surface area (Å²) in [6, 6.07) is 11.6. The highest BCUT2D eigenvalue weighted by atomic mass is 35.5. The van der Waals surface area contributed by atoms with Crippen LogP contribution in [0.2, 0.25) is 5.02 Å². The molecule has 25 heavy (non-hydrogen) atoms. The maximum absolute atomic E-state index is 12.5. The number of thiazole rings is 1. The third kappa shape index (κ3) is 3.84. The Hall–Kier alpha value is -2.35. The number of aromatic nitrogens is 1. The zero-order valence-corrected chi connectivity index (χ0v) is 15.6. The van der Waals surface area contributed by atoms with Gasteiger partial charge in [0, 0.05) is 5.02 Å². The van der Waals surface area contributed by atoms with Crippen molar-refractivity contribution in [3.8, 4) is 12.3 Å². The molecule has 0 radical (unpaired) electrons. The summed E-state index contributed by atoms with van der Waals surface area (Å²) in [4.78, 5) is 17.4. The lowest BCUT2D eigenvalue weighted by atomic mass is 10.0. The largest absolute Gasteiger partial charge is 0.305 e. The second-order valence-electron chi connectivity index (χ2n) is 5.90. The molecule has 1 heterocycles. The molecule has 0 bridgehead atoms. The number of hydrogen-bond donors (Lipinski definition) is 0. The molecule has 0 saturated carbocycles. The number of rotatable bonds is 3. The molecule has 0 atom stereocenters. The van der Waals surface area contributed by atoms with Crippen LogP contribution in [0.4, 0.5) is 0 Å². The highest BCUT2D eigenvalue weighted by molar-refractivity contribution is 7.16. The summed E-state index contributed by atoms with van der Waals surface area (Å²) in [6.07, 6.45) is 5.75. The highest BCUT2D eigenvalue weighted by Gasteiger charge is 2.09. The average molecular weight is 369 g/mol. The number of benzene rings is 2. The zero-order valence-electron chi connectivity index (χ0n) is 14.0. The molecule has 3 rings (SSSR count). The molecular weight excluding hydrogens is 352 g/mol. The van der Waals surface area contributed by atoms with Gasteiger partial charge in [-0.25, -0.2) is 0 Å². The minimum Gasteiger partial charge on any atom is -0.305 e. The van der Waals surface area contributed by atoms with E-state index < -0.39 is 0 Å². The number of amides is 1. The first-order valence-electron chi connectivity index (χ1n) is 7.84. The molecular formula is C20H17ClN2OS. The Labute approximate surface area is 155 Å². The molecule has 2 aromatic carbocycles. The number of aryl methyl sites for hydroxylation is 2. The van der Waals surface area contributed by atoms with Crippen molar-refractivity contribution in [3.05, 3.63) is 62.9 Å². The molecule has 0 aliphatic heterocycles. The Kier molecular flexibility index (Phi) is 5.08. The summed E-state index contributed by atoms with van der Waals surface area (Å²) < 4.78 is 2.83.